The molecule has 0 amide bonds. The molecule has 58 heavy (non-hydrogen) atoms. The van der Waals surface area contributed by atoms with E-state index in [-0.39, 0.29) is 0 Å². The Kier molecular flexibility index (Phi) is 7.54. The number of hydrogen-bond acceptors (Lipinski definition) is 2. The van der Waals surface area contributed by atoms with E-state index in [2.05, 4.69) is 214 Å². The number of thiophene rings is 1. The molecule has 0 fully saturated rings. The number of para-hydroxylation sites is 4. The Morgan fingerprint density at radius 3 is 1.64 bits per heavy atom. The van der Waals surface area contributed by atoms with Crippen molar-refractivity contribution in [3.63, 3.8) is 0 Å². The molecule has 11 aromatic rings. The maximum Gasteiger partial charge on any atom is 0.0640 e. The molecule has 3 aromatic heterocycles. The molecule has 0 saturated carbocycles. The zero-order valence-corrected chi connectivity index (χ0v) is 32.5. The lowest BCUT2D eigenvalue weighted by Crippen LogP contribution is -2.10. The van der Waals surface area contributed by atoms with E-state index >= 15 is 0 Å². The van der Waals surface area contributed by atoms with Crippen molar-refractivity contribution < 1.29 is 0 Å². The highest BCUT2D eigenvalue weighted by Crippen LogP contribution is 2.47. The molecule has 0 saturated heterocycles. The van der Waals surface area contributed by atoms with Crippen molar-refractivity contribution in [2.75, 3.05) is 4.90 Å². The number of fused-ring (bicyclic) bond motifs is 9. The number of anilines is 3. The first-order valence-corrected chi connectivity index (χ1v) is 20.9. The summed E-state index contributed by atoms with van der Waals surface area (Å²) in [6.07, 6.45) is 6.82. The number of benzene rings is 8. The van der Waals surface area contributed by atoms with Gasteiger partial charge in [0.15, 0.2) is 0 Å². The van der Waals surface area contributed by atoms with Crippen LogP contribution in [0.1, 0.15) is 16.9 Å². The van der Waals surface area contributed by atoms with Crippen molar-refractivity contribution in [1.29, 1.82) is 0 Å². The van der Waals surface area contributed by atoms with Crippen LogP contribution in [0.3, 0.4) is 0 Å². The number of hydrogen-bond donors (Lipinski definition) is 0. The van der Waals surface area contributed by atoms with Gasteiger partial charge in [-0.3, -0.25) is 0 Å². The van der Waals surface area contributed by atoms with Gasteiger partial charge in [-0.15, -0.1) is 11.3 Å². The summed E-state index contributed by atoms with van der Waals surface area (Å²) in [5.41, 5.74) is 14.5. The summed E-state index contributed by atoms with van der Waals surface area (Å²) in [6, 6.07) is 68.9. The van der Waals surface area contributed by atoms with Gasteiger partial charge >= 0.3 is 0 Å². The average molecular weight is 760 g/mol. The molecule has 4 heteroatoms. The van der Waals surface area contributed by atoms with Crippen LogP contribution in [-0.2, 0) is 6.42 Å². The van der Waals surface area contributed by atoms with Gasteiger partial charge in [0.2, 0.25) is 0 Å². The summed E-state index contributed by atoms with van der Waals surface area (Å²) in [6.45, 7) is 0. The average Bonchev–Trinajstić information content (AvgIpc) is 3.95. The van der Waals surface area contributed by atoms with E-state index in [1.807, 2.05) is 11.3 Å². The SMILES string of the molecule is C1=Cc2sc3c(N(c4ccc(-c5ccc(-n6c7ccccc7c7ccccc76)cc5)cc4)c4ccc5c6ccccc6n(-c6ccccc6)c5c4)cccc3c2CC1. The van der Waals surface area contributed by atoms with E-state index in [0.717, 1.165) is 35.6 Å². The number of rotatable bonds is 6. The number of aromatic nitrogens is 2. The van der Waals surface area contributed by atoms with Gasteiger partial charge in [-0.05, 0) is 114 Å². The normalized spacial score (nSPS) is 12.6. The molecule has 0 bridgehead atoms. The van der Waals surface area contributed by atoms with Crippen LogP contribution in [0.4, 0.5) is 17.1 Å². The van der Waals surface area contributed by atoms with Crippen molar-refractivity contribution in [3.05, 3.63) is 205 Å². The standard InChI is InChI=1S/C54H37N3S/c1-2-13-38(14-3-1)57-50-22-10-6-17-44(50)45-34-33-41(35-52(45)57)55(51-23-12-19-47-46-18-7-11-24-53(46)58-54(47)51)39-29-25-36(26-30-39)37-27-31-40(32-28-37)56-48-20-8-4-15-42(48)43-16-5-9-21-49(43)56/h1-6,8-17,19-35H,7,18H2. The second-order valence-electron chi connectivity index (χ2n) is 15.2. The Morgan fingerprint density at radius 2 is 0.966 bits per heavy atom. The summed E-state index contributed by atoms with van der Waals surface area (Å²) < 4.78 is 6.11. The van der Waals surface area contributed by atoms with Gasteiger partial charge < -0.3 is 14.0 Å². The molecule has 3 nitrogen and oxygen atoms in total. The molecule has 0 atom stereocenters. The van der Waals surface area contributed by atoms with E-state index in [9.17, 15) is 0 Å². The molecule has 1 aliphatic carbocycles. The third kappa shape index (κ3) is 5.12. The zero-order chi connectivity index (χ0) is 38.2. The van der Waals surface area contributed by atoms with Crippen molar-refractivity contribution in [2.45, 2.75) is 12.8 Å². The molecule has 3 heterocycles. The first-order valence-electron chi connectivity index (χ1n) is 20.1. The summed E-state index contributed by atoms with van der Waals surface area (Å²) >= 11 is 1.92. The largest absolute Gasteiger partial charge is 0.309 e. The number of nitrogens with zero attached hydrogens (tertiary/aromatic N) is 3. The second kappa shape index (κ2) is 13.2. The van der Waals surface area contributed by atoms with Gasteiger partial charge in [-0.1, -0.05) is 121 Å². The molecule has 1 aliphatic rings. The van der Waals surface area contributed by atoms with Crippen LogP contribution in [-0.4, -0.2) is 9.13 Å². The second-order valence-corrected chi connectivity index (χ2v) is 16.3. The molecule has 274 valence electrons. The van der Waals surface area contributed by atoms with Crippen molar-refractivity contribution in [2.24, 2.45) is 0 Å². The van der Waals surface area contributed by atoms with E-state index < -0.39 is 0 Å². The van der Waals surface area contributed by atoms with Crippen LogP contribution >= 0.6 is 11.3 Å². The van der Waals surface area contributed by atoms with Crippen LogP contribution in [0.15, 0.2) is 194 Å². The minimum absolute atomic E-state index is 1.09. The van der Waals surface area contributed by atoms with E-state index in [1.54, 1.807) is 0 Å². The lowest BCUT2D eigenvalue weighted by Gasteiger charge is -2.26. The predicted molar refractivity (Wildman–Crippen MR) is 248 cm³/mol. The quantitative estimate of drug-likeness (QED) is 0.165. The van der Waals surface area contributed by atoms with Crippen LogP contribution < -0.4 is 4.90 Å². The minimum Gasteiger partial charge on any atom is -0.309 e. The van der Waals surface area contributed by atoms with Crippen LogP contribution in [0, 0.1) is 0 Å². The summed E-state index contributed by atoms with van der Waals surface area (Å²) in [5, 5.41) is 6.42. The lowest BCUT2D eigenvalue weighted by molar-refractivity contribution is 1.01. The molecule has 0 spiro atoms. The first kappa shape index (κ1) is 33.0. The zero-order valence-electron chi connectivity index (χ0n) is 31.7. The summed E-state index contributed by atoms with van der Waals surface area (Å²) in [5.74, 6) is 0. The predicted octanol–water partition coefficient (Wildman–Crippen LogP) is 15.2. The molecule has 0 N–H and O–H groups in total. The summed E-state index contributed by atoms with van der Waals surface area (Å²) in [4.78, 5) is 3.85. The maximum absolute atomic E-state index is 2.47. The highest BCUT2D eigenvalue weighted by molar-refractivity contribution is 7.20. The Balaban J connectivity index is 0.995. The van der Waals surface area contributed by atoms with Gasteiger partial charge in [0.1, 0.15) is 0 Å². The highest BCUT2D eigenvalue weighted by atomic mass is 32.1. The lowest BCUT2D eigenvalue weighted by atomic mass is 10.0. The molecule has 0 unspecified atom stereocenters. The topological polar surface area (TPSA) is 13.1 Å². The highest BCUT2D eigenvalue weighted by Gasteiger charge is 2.22. The Morgan fingerprint density at radius 1 is 0.431 bits per heavy atom. The number of allylic oxidation sites excluding steroid dienone is 1. The van der Waals surface area contributed by atoms with E-state index in [4.69, 9.17) is 0 Å². The van der Waals surface area contributed by atoms with Gasteiger partial charge in [0.25, 0.3) is 0 Å². The maximum atomic E-state index is 2.47. The first-order chi connectivity index (χ1) is 28.8. The molecule has 8 aromatic carbocycles. The monoisotopic (exact) mass is 759 g/mol. The smallest absolute Gasteiger partial charge is 0.0640 e. The van der Waals surface area contributed by atoms with Gasteiger partial charge in [0, 0.05) is 49.2 Å². The third-order valence-electron chi connectivity index (χ3n) is 12.0. The third-order valence-corrected chi connectivity index (χ3v) is 13.2. The van der Waals surface area contributed by atoms with Crippen molar-refractivity contribution >= 4 is 88.2 Å². The van der Waals surface area contributed by atoms with Crippen LogP contribution in [0.25, 0.3) is 82.3 Å². The number of aryl methyl sites for hydroxylation is 1. The Bertz CT molecular complexity index is 3330. The van der Waals surface area contributed by atoms with E-state index in [1.165, 1.54) is 81.0 Å². The van der Waals surface area contributed by atoms with Gasteiger partial charge in [0.05, 0.1) is 32.5 Å². The van der Waals surface area contributed by atoms with Crippen molar-refractivity contribution in [3.8, 4) is 22.5 Å². The fraction of sp³-hybridized carbons (Fsp3) is 0.0370. The minimum atomic E-state index is 1.09. The van der Waals surface area contributed by atoms with Crippen molar-refractivity contribution in [1.82, 2.24) is 9.13 Å². The molecular formula is C54H37N3S. The molecular weight excluding hydrogens is 723 g/mol. The fourth-order valence-corrected chi connectivity index (χ4v) is 10.6. The van der Waals surface area contributed by atoms with Crippen LogP contribution in [0.5, 0.6) is 0 Å². The molecule has 0 radical (unpaired) electrons. The Labute approximate surface area is 340 Å². The van der Waals surface area contributed by atoms with Crippen LogP contribution in [0.2, 0.25) is 0 Å². The Hall–Kier alpha value is -7.14. The molecule has 12 rings (SSSR count). The van der Waals surface area contributed by atoms with Gasteiger partial charge in [-0.2, -0.15) is 0 Å². The fourth-order valence-electron chi connectivity index (χ4n) is 9.35. The van der Waals surface area contributed by atoms with E-state index in [0.29, 0.717) is 0 Å². The van der Waals surface area contributed by atoms with Gasteiger partial charge in [-0.25, -0.2) is 0 Å². The molecule has 0 aliphatic heterocycles. The summed E-state index contributed by atoms with van der Waals surface area (Å²) in [7, 11) is 0.